The first-order chi connectivity index (χ1) is 8.29. The average Bonchev–Trinajstić information content (AvgIpc) is 2.81. The summed E-state index contributed by atoms with van der Waals surface area (Å²) in [7, 11) is 0. The zero-order valence-electron chi connectivity index (χ0n) is 10.3. The molecule has 0 spiro atoms. The molecule has 1 aromatic rings. The Labute approximate surface area is 108 Å². The van der Waals surface area contributed by atoms with E-state index in [1.807, 2.05) is 12.1 Å². The Morgan fingerprint density at radius 1 is 1.35 bits per heavy atom. The minimum Gasteiger partial charge on any atom is -0.492 e. The van der Waals surface area contributed by atoms with Crippen LogP contribution >= 0.6 is 11.6 Å². The Hall–Kier alpha value is -0.890. The number of ether oxygens (including phenoxy) is 1. The van der Waals surface area contributed by atoms with Gasteiger partial charge in [-0.1, -0.05) is 31.4 Å². The molecule has 0 aliphatic heterocycles. The quantitative estimate of drug-likeness (QED) is 0.835. The van der Waals surface area contributed by atoms with Crippen molar-refractivity contribution in [1.82, 2.24) is 0 Å². The largest absolute Gasteiger partial charge is 0.492 e. The van der Waals surface area contributed by atoms with E-state index in [0.29, 0.717) is 11.1 Å². The van der Waals surface area contributed by atoms with E-state index in [1.54, 1.807) is 0 Å². The van der Waals surface area contributed by atoms with E-state index in [4.69, 9.17) is 16.3 Å². The number of hydrogen-bond acceptors (Lipinski definition) is 2. The number of hydrogen-bond donors (Lipinski definition) is 1. The number of anilines is 1. The van der Waals surface area contributed by atoms with Crippen molar-refractivity contribution >= 4 is 17.3 Å². The summed E-state index contributed by atoms with van der Waals surface area (Å²) < 4.78 is 5.55. The summed E-state index contributed by atoms with van der Waals surface area (Å²) in [6.07, 6.45) is 6.21. The van der Waals surface area contributed by atoms with Crippen molar-refractivity contribution in [2.24, 2.45) is 0 Å². The van der Waals surface area contributed by atoms with Crippen LogP contribution in [-0.2, 0) is 0 Å². The van der Waals surface area contributed by atoms with Gasteiger partial charge in [-0.15, -0.1) is 0 Å². The Morgan fingerprint density at radius 2 is 2.12 bits per heavy atom. The van der Waals surface area contributed by atoms with Gasteiger partial charge in [0.15, 0.2) is 0 Å². The molecule has 0 radical (unpaired) electrons. The van der Waals surface area contributed by atoms with Crippen LogP contribution < -0.4 is 10.1 Å². The molecule has 0 aromatic heterocycles. The van der Waals surface area contributed by atoms with E-state index < -0.39 is 0 Å². The highest BCUT2D eigenvalue weighted by atomic mass is 35.5. The standard InChI is InChI=1S/C14H20ClNO/c1-2-9-17-14-8-7-12(10-13(14)15)16-11-5-3-4-6-11/h7-8,10-11,16H,2-6,9H2,1H3. The third-order valence-corrected chi connectivity index (χ3v) is 3.41. The Bertz CT molecular complexity index is 361. The first-order valence-corrected chi connectivity index (χ1v) is 6.86. The second-order valence-electron chi connectivity index (χ2n) is 4.62. The van der Waals surface area contributed by atoms with Gasteiger partial charge in [-0.05, 0) is 37.5 Å². The number of benzene rings is 1. The van der Waals surface area contributed by atoms with E-state index in [1.165, 1.54) is 25.7 Å². The number of rotatable bonds is 5. The summed E-state index contributed by atoms with van der Waals surface area (Å²) >= 11 is 6.19. The highest BCUT2D eigenvalue weighted by Gasteiger charge is 2.14. The molecule has 1 saturated carbocycles. The number of nitrogens with one attached hydrogen (secondary N) is 1. The molecule has 0 atom stereocenters. The summed E-state index contributed by atoms with van der Waals surface area (Å²) in [5, 5.41) is 4.22. The third-order valence-electron chi connectivity index (χ3n) is 3.12. The fourth-order valence-electron chi connectivity index (χ4n) is 2.23. The topological polar surface area (TPSA) is 21.3 Å². The molecule has 0 amide bonds. The second kappa shape index (κ2) is 6.15. The smallest absolute Gasteiger partial charge is 0.138 e. The molecule has 0 heterocycles. The van der Waals surface area contributed by atoms with Crippen molar-refractivity contribution in [3.05, 3.63) is 23.2 Å². The molecule has 2 rings (SSSR count). The van der Waals surface area contributed by atoms with Gasteiger partial charge in [0.2, 0.25) is 0 Å². The van der Waals surface area contributed by atoms with Gasteiger partial charge in [0.05, 0.1) is 11.6 Å². The molecule has 1 fully saturated rings. The lowest BCUT2D eigenvalue weighted by molar-refractivity contribution is 0.317. The highest BCUT2D eigenvalue weighted by Crippen LogP contribution is 2.29. The summed E-state index contributed by atoms with van der Waals surface area (Å²) in [5.74, 6) is 0.783. The van der Waals surface area contributed by atoms with Crippen molar-refractivity contribution in [3.63, 3.8) is 0 Å². The van der Waals surface area contributed by atoms with Crippen molar-refractivity contribution < 1.29 is 4.74 Å². The second-order valence-corrected chi connectivity index (χ2v) is 5.03. The van der Waals surface area contributed by atoms with Crippen LogP contribution in [0.1, 0.15) is 39.0 Å². The monoisotopic (exact) mass is 253 g/mol. The maximum absolute atomic E-state index is 6.19. The highest BCUT2D eigenvalue weighted by molar-refractivity contribution is 6.32. The van der Waals surface area contributed by atoms with E-state index in [2.05, 4.69) is 18.3 Å². The van der Waals surface area contributed by atoms with E-state index in [9.17, 15) is 0 Å². The van der Waals surface area contributed by atoms with E-state index in [0.717, 1.165) is 24.5 Å². The third kappa shape index (κ3) is 3.53. The predicted molar refractivity (Wildman–Crippen MR) is 73.1 cm³/mol. The van der Waals surface area contributed by atoms with Gasteiger partial charge < -0.3 is 10.1 Å². The van der Waals surface area contributed by atoms with Gasteiger partial charge in [0, 0.05) is 11.7 Å². The lowest BCUT2D eigenvalue weighted by Crippen LogP contribution is -2.14. The van der Waals surface area contributed by atoms with Crippen LogP contribution in [0.15, 0.2) is 18.2 Å². The first-order valence-electron chi connectivity index (χ1n) is 6.48. The molecule has 1 aliphatic carbocycles. The van der Waals surface area contributed by atoms with Crippen molar-refractivity contribution in [2.75, 3.05) is 11.9 Å². The molecule has 17 heavy (non-hydrogen) atoms. The van der Waals surface area contributed by atoms with E-state index in [-0.39, 0.29) is 0 Å². The fourth-order valence-corrected chi connectivity index (χ4v) is 2.46. The Morgan fingerprint density at radius 3 is 2.76 bits per heavy atom. The summed E-state index contributed by atoms with van der Waals surface area (Å²) in [6.45, 7) is 2.80. The first kappa shape index (κ1) is 12.6. The molecule has 0 unspecified atom stereocenters. The normalized spacial score (nSPS) is 16.1. The van der Waals surface area contributed by atoms with Gasteiger partial charge in [-0.2, -0.15) is 0 Å². The van der Waals surface area contributed by atoms with Gasteiger partial charge in [0.1, 0.15) is 5.75 Å². The maximum atomic E-state index is 6.19. The van der Waals surface area contributed by atoms with Crippen molar-refractivity contribution in [3.8, 4) is 5.75 Å². The van der Waals surface area contributed by atoms with Crippen LogP contribution in [0, 0.1) is 0 Å². The lowest BCUT2D eigenvalue weighted by Gasteiger charge is -2.15. The fraction of sp³-hybridized carbons (Fsp3) is 0.571. The van der Waals surface area contributed by atoms with E-state index >= 15 is 0 Å². The molecule has 0 saturated heterocycles. The van der Waals surface area contributed by atoms with Gasteiger partial charge in [-0.3, -0.25) is 0 Å². The van der Waals surface area contributed by atoms with Crippen molar-refractivity contribution in [1.29, 1.82) is 0 Å². The molecule has 3 heteroatoms. The average molecular weight is 254 g/mol. The summed E-state index contributed by atoms with van der Waals surface area (Å²) in [5.41, 5.74) is 1.10. The molecule has 1 aromatic carbocycles. The predicted octanol–water partition coefficient (Wildman–Crippen LogP) is 4.48. The van der Waals surface area contributed by atoms with Gasteiger partial charge >= 0.3 is 0 Å². The molecular formula is C14H20ClNO. The molecule has 94 valence electrons. The lowest BCUT2D eigenvalue weighted by atomic mass is 10.2. The van der Waals surface area contributed by atoms with Crippen LogP contribution in [-0.4, -0.2) is 12.6 Å². The molecule has 2 nitrogen and oxygen atoms in total. The van der Waals surface area contributed by atoms with Gasteiger partial charge in [0.25, 0.3) is 0 Å². The zero-order chi connectivity index (χ0) is 12.1. The molecule has 1 aliphatic rings. The zero-order valence-corrected chi connectivity index (χ0v) is 11.1. The Balaban J connectivity index is 1.97. The minimum absolute atomic E-state index is 0.619. The van der Waals surface area contributed by atoms with Crippen molar-refractivity contribution in [2.45, 2.75) is 45.1 Å². The Kier molecular flexibility index (Phi) is 4.55. The van der Waals surface area contributed by atoms with Crippen LogP contribution in [0.5, 0.6) is 5.75 Å². The van der Waals surface area contributed by atoms with Crippen LogP contribution in [0.25, 0.3) is 0 Å². The number of halogens is 1. The van der Waals surface area contributed by atoms with Crippen LogP contribution in [0.2, 0.25) is 5.02 Å². The summed E-state index contributed by atoms with van der Waals surface area (Å²) in [6, 6.07) is 6.59. The SMILES string of the molecule is CCCOc1ccc(NC2CCCC2)cc1Cl. The van der Waals surface area contributed by atoms with Crippen LogP contribution in [0.4, 0.5) is 5.69 Å². The maximum Gasteiger partial charge on any atom is 0.138 e. The molecule has 0 bridgehead atoms. The summed E-state index contributed by atoms with van der Waals surface area (Å²) in [4.78, 5) is 0. The molecule has 1 N–H and O–H groups in total. The molecular weight excluding hydrogens is 234 g/mol. The van der Waals surface area contributed by atoms with Gasteiger partial charge in [-0.25, -0.2) is 0 Å². The van der Waals surface area contributed by atoms with Crippen LogP contribution in [0.3, 0.4) is 0 Å². The minimum atomic E-state index is 0.619.